The quantitative estimate of drug-likeness (QED) is 0.775. The highest BCUT2D eigenvalue weighted by Crippen LogP contribution is 2.18. The number of nitrogens with one attached hydrogen (secondary N) is 3. The molecule has 0 saturated carbocycles. The van der Waals surface area contributed by atoms with E-state index in [4.69, 9.17) is 11.6 Å². The second-order valence-corrected chi connectivity index (χ2v) is 5.60. The Hall–Kier alpha value is -2.54. The van der Waals surface area contributed by atoms with E-state index in [0.717, 1.165) is 17.8 Å². The van der Waals surface area contributed by atoms with E-state index < -0.39 is 5.56 Å². The van der Waals surface area contributed by atoms with Crippen LogP contribution in [0.1, 0.15) is 5.56 Å². The number of carbonyl (C=O) groups excluding carboxylic acids is 1. The minimum absolute atomic E-state index is 0.0402. The minimum atomic E-state index is -0.421. The van der Waals surface area contributed by atoms with Gasteiger partial charge in [-0.2, -0.15) is 5.10 Å². The summed E-state index contributed by atoms with van der Waals surface area (Å²) in [5.74, 6) is 0.0402. The van der Waals surface area contributed by atoms with E-state index in [-0.39, 0.29) is 10.9 Å². The molecule has 0 atom stereocenters. The van der Waals surface area contributed by atoms with E-state index in [1.807, 2.05) is 29.2 Å². The van der Waals surface area contributed by atoms with Gasteiger partial charge in [-0.1, -0.05) is 23.7 Å². The van der Waals surface area contributed by atoms with Crippen LogP contribution in [0.25, 0.3) is 0 Å². The molecule has 3 N–H and O–H groups in total. The summed E-state index contributed by atoms with van der Waals surface area (Å²) in [7, 11) is 0. The number of benzene rings is 1. The van der Waals surface area contributed by atoms with Gasteiger partial charge < -0.3 is 15.5 Å². The third-order valence-corrected chi connectivity index (χ3v) is 3.99. The van der Waals surface area contributed by atoms with Gasteiger partial charge in [-0.25, -0.2) is 5.10 Å². The van der Waals surface area contributed by atoms with Gasteiger partial charge >= 0.3 is 0 Å². The van der Waals surface area contributed by atoms with Gasteiger partial charge in [-0.3, -0.25) is 9.59 Å². The Labute approximate surface area is 137 Å². The van der Waals surface area contributed by atoms with E-state index in [9.17, 15) is 9.59 Å². The number of H-pyrrole nitrogens is 1. The molecule has 0 unspecified atom stereocenters. The zero-order valence-corrected chi connectivity index (χ0v) is 13.1. The molecule has 1 amide bonds. The number of nitrogens with zero attached hydrogens (tertiary/aromatic N) is 2. The molecular weight excluding hydrogens is 318 g/mol. The molecule has 1 aliphatic heterocycles. The average Bonchev–Trinajstić information content (AvgIpc) is 2.57. The van der Waals surface area contributed by atoms with Crippen LogP contribution in [0.2, 0.25) is 5.02 Å². The number of anilines is 2. The highest BCUT2D eigenvalue weighted by Gasteiger charge is 2.16. The Kier molecular flexibility index (Phi) is 4.47. The molecule has 0 bridgehead atoms. The fraction of sp³-hybridized carbons (Fsp3) is 0.267. The van der Waals surface area contributed by atoms with Gasteiger partial charge in [0.25, 0.3) is 5.56 Å². The predicted octanol–water partition coefficient (Wildman–Crippen LogP) is 0.972. The van der Waals surface area contributed by atoms with Crippen molar-refractivity contribution in [3.05, 3.63) is 51.4 Å². The van der Waals surface area contributed by atoms with Crippen molar-refractivity contribution >= 4 is 28.9 Å². The number of amides is 1. The Balaban J connectivity index is 1.64. The molecule has 1 saturated heterocycles. The molecule has 0 spiro atoms. The number of aromatic nitrogens is 2. The summed E-state index contributed by atoms with van der Waals surface area (Å²) in [5, 5.41) is 12.0. The lowest BCUT2D eigenvalue weighted by molar-refractivity contribution is -0.120. The number of hydrogen-bond acceptors (Lipinski definition) is 5. The molecule has 1 aromatic carbocycles. The maximum absolute atomic E-state index is 11.4. The molecule has 7 nitrogen and oxygen atoms in total. The van der Waals surface area contributed by atoms with Crippen molar-refractivity contribution in [1.29, 1.82) is 0 Å². The van der Waals surface area contributed by atoms with Crippen LogP contribution in [0, 0.1) is 0 Å². The molecule has 23 heavy (non-hydrogen) atoms. The van der Waals surface area contributed by atoms with Gasteiger partial charge in [0.2, 0.25) is 5.91 Å². The monoisotopic (exact) mass is 333 g/mol. The molecule has 1 aromatic heterocycles. The Morgan fingerprint density at radius 2 is 2.04 bits per heavy atom. The lowest BCUT2D eigenvalue weighted by Crippen LogP contribution is -2.47. The smallest absolute Gasteiger partial charge is 0.285 e. The minimum Gasteiger partial charge on any atom is -0.378 e. The zero-order valence-electron chi connectivity index (χ0n) is 12.3. The Morgan fingerprint density at radius 3 is 2.78 bits per heavy atom. The van der Waals surface area contributed by atoms with Gasteiger partial charge in [-0.15, -0.1) is 0 Å². The lowest BCUT2D eigenvalue weighted by Gasteiger charge is -2.28. The van der Waals surface area contributed by atoms with Gasteiger partial charge in [0.1, 0.15) is 5.02 Å². The largest absolute Gasteiger partial charge is 0.378 e. The van der Waals surface area contributed by atoms with E-state index in [0.29, 0.717) is 25.3 Å². The number of piperazine rings is 1. The van der Waals surface area contributed by atoms with Gasteiger partial charge in [0.15, 0.2) is 0 Å². The van der Waals surface area contributed by atoms with Gasteiger partial charge in [0.05, 0.1) is 18.4 Å². The first-order valence-electron chi connectivity index (χ1n) is 7.21. The molecule has 1 aliphatic rings. The zero-order chi connectivity index (χ0) is 16.2. The molecule has 1 fully saturated rings. The Morgan fingerprint density at radius 1 is 1.26 bits per heavy atom. The van der Waals surface area contributed by atoms with Crippen molar-refractivity contribution in [3.63, 3.8) is 0 Å². The van der Waals surface area contributed by atoms with Crippen molar-refractivity contribution in [1.82, 2.24) is 15.5 Å². The number of hydrogen-bond donors (Lipinski definition) is 3. The fourth-order valence-corrected chi connectivity index (χ4v) is 2.55. The second kappa shape index (κ2) is 6.70. The molecule has 0 aliphatic carbocycles. The average molecular weight is 334 g/mol. The van der Waals surface area contributed by atoms with E-state index >= 15 is 0 Å². The predicted molar refractivity (Wildman–Crippen MR) is 88.9 cm³/mol. The van der Waals surface area contributed by atoms with Crippen LogP contribution in [0.3, 0.4) is 0 Å². The number of aromatic amines is 1. The van der Waals surface area contributed by atoms with Crippen molar-refractivity contribution in [2.75, 3.05) is 29.9 Å². The SMILES string of the molecule is O=C1CN(c2ccc(CNc3cn[nH]c(=O)c3Cl)cc2)CCN1. The van der Waals surface area contributed by atoms with Crippen LogP contribution in [-0.4, -0.2) is 35.7 Å². The van der Waals surface area contributed by atoms with Gasteiger partial charge in [0, 0.05) is 25.3 Å². The number of halogens is 1. The normalized spacial score (nSPS) is 14.5. The summed E-state index contributed by atoms with van der Waals surface area (Å²) in [6.07, 6.45) is 1.48. The first kappa shape index (κ1) is 15.4. The number of carbonyl (C=O) groups is 1. The molecule has 2 aromatic rings. The van der Waals surface area contributed by atoms with Crippen LogP contribution in [-0.2, 0) is 11.3 Å². The lowest BCUT2D eigenvalue weighted by atomic mass is 10.2. The van der Waals surface area contributed by atoms with Crippen molar-refractivity contribution < 1.29 is 4.79 Å². The van der Waals surface area contributed by atoms with E-state index in [2.05, 4.69) is 20.8 Å². The van der Waals surface area contributed by atoms with E-state index in [1.165, 1.54) is 6.20 Å². The third-order valence-electron chi connectivity index (χ3n) is 3.62. The summed E-state index contributed by atoms with van der Waals surface area (Å²) in [5.41, 5.74) is 2.12. The standard InChI is InChI=1S/C15H16ClN5O2/c16-14-12(8-19-20-15(14)23)18-7-10-1-3-11(4-2-10)21-6-5-17-13(22)9-21/h1-4,8H,5-7,9H2,(H,17,22)(H2,18,20,23). The molecule has 3 rings (SSSR count). The second-order valence-electron chi connectivity index (χ2n) is 5.22. The first-order chi connectivity index (χ1) is 11.1. The summed E-state index contributed by atoms with van der Waals surface area (Å²) >= 11 is 5.91. The number of rotatable bonds is 4. The molecule has 0 radical (unpaired) electrons. The van der Waals surface area contributed by atoms with E-state index in [1.54, 1.807) is 0 Å². The Bertz CT molecular complexity index is 759. The maximum Gasteiger partial charge on any atom is 0.285 e. The van der Waals surface area contributed by atoms with Crippen LogP contribution in [0.4, 0.5) is 11.4 Å². The highest BCUT2D eigenvalue weighted by atomic mass is 35.5. The molecule has 120 valence electrons. The molecular formula is C15H16ClN5O2. The van der Waals surface area contributed by atoms with Gasteiger partial charge in [-0.05, 0) is 17.7 Å². The van der Waals surface area contributed by atoms with Crippen LogP contribution in [0.5, 0.6) is 0 Å². The summed E-state index contributed by atoms with van der Waals surface area (Å²) < 4.78 is 0. The van der Waals surface area contributed by atoms with Crippen LogP contribution < -0.4 is 21.1 Å². The summed E-state index contributed by atoms with van der Waals surface area (Å²) in [4.78, 5) is 24.8. The van der Waals surface area contributed by atoms with Crippen molar-refractivity contribution in [2.24, 2.45) is 0 Å². The van der Waals surface area contributed by atoms with Crippen LogP contribution in [0.15, 0.2) is 35.3 Å². The molecule has 8 heteroatoms. The summed E-state index contributed by atoms with van der Waals surface area (Å²) in [6, 6.07) is 7.91. The van der Waals surface area contributed by atoms with Crippen molar-refractivity contribution in [3.8, 4) is 0 Å². The van der Waals surface area contributed by atoms with Crippen LogP contribution >= 0.6 is 11.6 Å². The summed E-state index contributed by atoms with van der Waals surface area (Å²) in [6.45, 7) is 2.37. The first-order valence-corrected chi connectivity index (χ1v) is 7.59. The third kappa shape index (κ3) is 3.62. The molecule has 2 heterocycles. The fourth-order valence-electron chi connectivity index (χ4n) is 2.39. The topological polar surface area (TPSA) is 90.1 Å². The maximum atomic E-state index is 11.4. The highest BCUT2D eigenvalue weighted by molar-refractivity contribution is 6.32. The van der Waals surface area contributed by atoms with Crippen molar-refractivity contribution in [2.45, 2.75) is 6.54 Å².